The Morgan fingerprint density at radius 1 is 1.04 bits per heavy atom. The molecule has 1 N–H and O–H groups in total. The number of hydrogen-bond donors (Lipinski definition) is 1. The van der Waals surface area contributed by atoms with Gasteiger partial charge in [-0.25, -0.2) is 0 Å². The smallest absolute Gasteiger partial charge is 0.251 e. The standard InChI is InChI=1S/C21H27NO2/c1-13(2)18-12-19(15(4)11-20(18)24-6)16(5)22-21(23)17-9-7-8-14(3)10-17/h7-13,16H,1-6H3,(H,22,23)/t16-/m1/s1. The molecule has 0 aliphatic rings. The molecule has 0 heterocycles. The zero-order valence-corrected chi connectivity index (χ0v) is 15.4. The minimum Gasteiger partial charge on any atom is -0.496 e. The Labute approximate surface area is 145 Å². The average molecular weight is 325 g/mol. The molecule has 2 aromatic rings. The van der Waals surface area contributed by atoms with Gasteiger partial charge in [0.1, 0.15) is 5.75 Å². The number of amides is 1. The maximum atomic E-state index is 12.5. The van der Waals surface area contributed by atoms with E-state index in [0.717, 1.165) is 28.0 Å². The van der Waals surface area contributed by atoms with Crippen LogP contribution in [0.15, 0.2) is 36.4 Å². The Balaban J connectivity index is 2.27. The Hall–Kier alpha value is -2.29. The third-order valence-corrected chi connectivity index (χ3v) is 4.33. The Morgan fingerprint density at radius 3 is 2.33 bits per heavy atom. The van der Waals surface area contributed by atoms with E-state index in [0.29, 0.717) is 11.5 Å². The number of carbonyl (C=O) groups excluding carboxylic acids is 1. The topological polar surface area (TPSA) is 38.3 Å². The van der Waals surface area contributed by atoms with Crippen molar-refractivity contribution in [3.05, 3.63) is 64.2 Å². The van der Waals surface area contributed by atoms with Crippen molar-refractivity contribution in [2.45, 2.75) is 46.6 Å². The maximum Gasteiger partial charge on any atom is 0.251 e. The van der Waals surface area contributed by atoms with Gasteiger partial charge in [-0.05, 0) is 67.6 Å². The van der Waals surface area contributed by atoms with Crippen molar-refractivity contribution in [1.82, 2.24) is 5.32 Å². The van der Waals surface area contributed by atoms with E-state index in [9.17, 15) is 4.79 Å². The average Bonchev–Trinajstić information content (AvgIpc) is 2.53. The highest BCUT2D eigenvalue weighted by atomic mass is 16.5. The molecule has 0 aliphatic carbocycles. The fourth-order valence-corrected chi connectivity index (χ4v) is 2.95. The molecule has 0 radical (unpaired) electrons. The second-order valence-electron chi connectivity index (χ2n) is 6.67. The lowest BCUT2D eigenvalue weighted by Gasteiger charge is -2.21. The van der Waals surface area contributed by atoms with Crippen LogP contribution in [0, 0.1) is 13.8 Å². The van der Waals surface area contributed by atoms with Gasteiger partial charge in [-0.2, -0.15) is 0 Å². The molecule has 3 heteroatoms. The molecule has 0 unspecified atom stereocenters. The molecule has 0 saturated carbocycles. The molecule has 2 rings (SSSR count). The van der Waals surface area contributed by atoms with Gasteiger partial charge in [-0.15, -0.1) is 0 Å². The lowest BCUT2D eigenvalue weighted by atomic mass is 9.93. The molecule has 2 aromatic carbocycles. The van der Waals surface area contributed by atoms with Gasteiger partial charge >= 0.3 is 0 Å². The van der Waals surface area contributed by atoms with E-state index >= 15 is 0 Å². The largest absolute Gasteiger partial charge is 0.496 e. The van der Waals surface area contributed by atoms with Gasteiger partial charge in [0.2, 0.25) is 0 Å². The van der Waals surface area contributed by atoms with E-state index in [-0.39, 0.29) is 11.9 Å². The highest BCUT2D eigenvalue weighted by molar-refractivity contribution is 5.94. The summed E-state index contributed by atoms with van der Waals surface area (Å²) in [6.45, 7) is 10.4. The molecule has 0 saturated heterocycles. The Kier molecular flexibility index (Phi) is 5.66. The van der Waals surface area contributed by atoms with Crippen LogP contribution in [0.4, 0.5) is 0 Å². The summed E-state index contributed by atoms with van der Waals surface area (Å²) in [4.78, 5) is 12.5. The number of rotatable bonds is 5. The molecule has 1 atom stereocenters. The first-order valence-corrected chi connectivity index (χ1v) is 8.39. The van der Waals surface area contributed by atoms with Crippen LogP contribution in [0.5, 0.6) is 5.75 Å². The van der Waals surface area contributed by atoms with Crippen LogP contribution in [0.25, 0.3) is 0 Å². The van der Waals surface area contributed by atoms with Gasteiger partial charge in [0, 0.05) is 5.56 Å². The van der Waals surface area contributed by atoms with Crippen LogP contribution in [0.1, 0.15) is 65.3 Å². The monoisotopic (exact) mass is 325 g/mol. The summed E-state index contributed by atoms with van der Waals surface area (Å²) in [5.41, 5.74) is 5.18. The van der Waals surface area contributed by atoms with Gasteiger partial charge in [0.05, 0.1) is 13.2 Å². The molecule has 0 aromatic heterocycles. The Bertz CT molecular complexity index is 735. The molecule has 1 amide bonds. The normalized spacial score (nSPS) is 12.1. The van der Waals surface area contributed by atoms with Gasteiger partial charge in [-0.1, -0.05) is 31.5 Å². The van der Waals surface area contributed by atoms with Crippen molar-refractivity contribution in [2.24, 2.45) is 0 Å². The summed E-state index contributed by atoms with van der Waals surface area (Å²) < 4.78 is 5.50. The summed E-state index contributed by atoms with van der Waals surface area (Å²) >= 11 is 0. The molecule has 128 valence electrons. The summed E-state index contributed by atoms with van der Waals surface area (Å²) in [5, 5.41) is 3.10. The van der Waals surface area contributed by atoms with E-state index in [2.05, 4.69) is 38.2 Å². The first-order chi connectivity index (χ1) is 11.3. The maximum absolute atomic E-state index is 12.5. The molecule has 0 bridgehead atoms. The van der Waals surface area contributed by atoms with Crippen LogP contribution in [-0.2, 0) is 0 Å². The number of benzene rings is 2. The number of carbonyl (C=O) groups is 1. The summed E-state index contributed by atoms with van der Waals surface area (Å²) in [5.74, 6) is 1.22. The molecular weight excluding hydrogens is 298 g/mol. The SMILES string of the molecule is COc1cc(C)c([C@@H](C)NC(=O)c2cccc(C)c2)cc1C(C)C. The summed E-state index contributed by atoms with van der Waals surface area (Å²) in [6, 6.07) is 11.8. The lowest BCUT2D eigenvalue weighted by Crippen LogP contribution is -2.27. The van der Waals surface area contributed by atoms with Crippen molar-refractivity contribution in [2.75, 3.05) is 7.11 Å². The van der Waals surface area contributed by atoms with E-state index in [1.807, 2.05) is 38.1 Å². The van der Waals surface area contributed by atoms with Crippen LogP contribution < -0.4 is 10.1 Å². The van der Waals surface area contributed by atoms with Crippen LogP contribution in [0.3, 0.4) is 0 Å². The predicted molar refractivity (Wildman–Crippen MR) is 98.9 cm³/mol. The highest BCUT2D eigenvalue weighted by Gasteiger charge is 2.17. The highest BCUT2D eigenvalue weighted by Crippen LogP contribution is 2.32. The Morgan fingerprint density at radius 2 is 1.75 bits per heavy atom. The number of ether oxygens (including phenoxy) is 1. The number of methoxy groups -OCH3 is 1. The van der Waals surface area contributed by atoms with Gasteiger partial charge in [0.15, 0.2) is 0 Å². The van der Waals surface area contributed by atoms with E-state index in [1.165, 1.54) is 0 Å². The van der Waals surface area contributed by atoms with Crippen LogP contribution in [-0.4, -0.2) is 13.0 Å². The van der Waals surface area contributed by atoms with Crippen molar-refractivity contribution < 1.29 is 9.53 Å². The van der Waals surface area contributed by atoms with Crippen molar-refractivity contribution in [3.8, 4) is 5.75 Å². The van der Waals surface area contributed by atoms with Crippen LogP contribution >= 0.6 is 0 Å². The fraction of sp³-hybridized carbons (Fsp3) is 0.381. The molecule has 3 nitrogen and oxygen atoms in total. The molecule has 0 fully saturated rings. The zero-order valence-electron chi connectivity index (χ0n) is 15.4. The fourth-order valence-electron chi connectivity index (χ4n) is 2.95. The van der Waals surface area contributed by atoms with E-state index in [4.69, 9.17) is 4.74 Å². The first-order valence-electron chi connectivity index (χ1n) is 8.39. The molecular formula is C21H27NO2. The van der Waals surface area contributed by atoms with Gasteiger partial charge in [0.25, 0.3) is 5.91 Å². The van der Waals surface area contributed by atoms with E-state index in [1.54, 1.807) is 7.11 Å². The third-order valence-electron chi connectivity index (χ3n) is 4.33. The second-order valence-corrected chi connectivity index (χ2v) is 6.67. The minimum absolute atomic E-state index is 0.0486. The molecule has 24 heavy (non-hydrogen) atoms. The quantitative estimate of drug-likeness (QED) is 0.847. The zero-order chi connectivity index (χ0) is 17.9. The van der Waals surface area contributed by atoms with Crippen molar-refractivity contribution in [1.29, 1.82) is 0 Å². The molecule has 0 spiro atoms. The summed E-state index contributed by atoms with van der Waals surface area (Å²) in [6.07, 6.45) is 0. The lowest BCUT2D eigenvalue weighted by molar-refractivity contribution is 0.0939. The number of nitrogens with one attached hydrogen (secondary N) is 1. The van der Waals surface area contributed by atoms with Crippen molar-refractivity contribution in [3.63, 3.8) is 0 Å². The van der Waals surface area contributed by atoms with Gasteiger partial charge in [-0.3, -0.25) is 4.79 Å². The summed E-state index contributed by atoms with van der Waals surface area (Å²) in [7, 11) is 1.70. The van der Waals surface area contributed by atoms with Gasteiger partial charge < -0.3 is 10.1 Å². The second kappa shape index (κ2) is 7.52. The number of hydrogen-bond acceptors (Lipinski definition) is 2. The number of aryl methyl sites for hydroxylation is 2. The minimum atomic E-state index is -0.0681. The van der Waals surface area contributed by atoms with Crippen LogP contribution in [0.2, 0.25) is 0 Å². The van der Waals surface area contributed by atoms with Crippen molar-refractivity contribution >= 4 is 5.91 Å². The molecule has 0 aliphatic heterocycles. The van der Waals surface area contributed by atoms with E-state index < -0.39 is 0 Å². The first kappa shape index (κ1) is 18.1. The predicted octanol–water partition coefficient (Wildman–Crippen LogP) is 4.93. The third kappa shape index (κ3) is 3.97.